The Morgan fingerprint density at radius 3 is 2.56 bits per heavy atom. The third-order valence-corrected chi connectivity index (χ3v) is 2.46. The molecule has 0 aliphatic heterocycles. The molecular formula is C10H17N3O3. The molecule has 1 rings (SSSR count). The maximum atomic E-state index is 10.7. The number of aliphatic hydroxyl groups excluding tert-OH is 1. The number of carbonyl (C=O) groups is 1. The molecular weight excluding hydrogens is 210 g/mol. The van der Waals surface area contributed by atoms with E-state index in [2.05, 4.69) is 10.3 Å². The van der Waals surface area contributed by atoms with Crippen LogP contribution in [0.2, 0.25) is 0 Å². The lowest BCUT2D eigenvalue weighted by Crippen LogP contribution is -2.05. The van der Waals surface area contributed by atoms with E-state index in [4.69, 9.17) is 10.2 Å². The summed E-state index contributed by atoms with van der Waals surface area (Å²) in [6, 6.07) is 0. The van der Waals surface area contributed by atoms with Crippen molar-refractivity contribution >= 4 is 5.97 Å². The number of aryl methyl sites for hydroxylation is 1. The van der Waals surface area contributed by atoms with Gasteiger partial charge in [0.25, 0.3) is 0 Å². The highest BCUT2D eigenvalue weighted by Crippen LogP contribution is 2.06. The number of aromatic carboxylic acids is 1. The molecule has 0 spiro atoms. The first-order valence-electron chi connectivity index (χ1n) is 5.41. The Morgan fingerprint density at radius 1 is 1.31 bits per heavy atom. The van der Waals surface area contributed by atoms with Gasteiger partial charge in [-0.3, -0.25) is 0 Å². The molecule has 6 heteroatoms. The van der Waals surface area contributed by atoms with Crippen molar-refractivity contribution in [2.75, 3.05) is 6.61 Å². The van der Waals surface area contributed by atoms with Gasteiger partial charge in [0.2, 0.25) is 0 Å². The average Bonchev–Trinajstić information content (AvgIpc) is 2.60. The fraction of sp³-hybridized carbons (Fsp3) is 0.700. The molecule has 0 fully saturated rings. The van der Waals surface area contributed by atoms with E-state index in [1.165, 1.54) is 0 Å². The predicted molar refractivity (Wildman–Crippen MR) is 57.3 cm³/mol. The highest BCUT2D eigenvalue weighted by molar-refractivity contribution is 5.86. The van der Waals surface area contributed by atoms with Gasteiger partial charge in [-0.2, -0.15) is 0 Å². The van der Waals surface area contributed by atoms with Crippen molar-refractivity contribution in [3.05, 3.63) is 11.4 Å². The minimum Gasteiger partial charge on any atom is -0.476 e. The maximum absolute atomic E-state index is 10.7. The summed E-state index contributed by atoms with van der Waals surface area (Å²) >= 11 is 0. The van der Waals surface area contributed by atoms with Crippen LogP contribution in [-0.4, -0.2) is 37.8 Å². The Kier molecular flexibility index (Phi) is 4.91. The Labute approximate surface area is 93.9 Å². The van der Waals surface area contributed by atoms with Gasteiger partial charge in [0, 0.05) is 13.2 Å². The van der Waals surface area contributed by atoms with Crippen molar-refractivity contribution in [1.82, 2.24) is 15.0 Å². The molecule has 16 heavy (non-hydrogen) atoms. The van der Waals surface area contributed by atoms with Crippen LogP contribution in [0.3, 0.4) is 0 Å². The number of aliphatic hydroxyl groups is 1. The molecule has 1 heterocycles. The van der Waals surface area contributed by atoms with Gasteiger partial charge in [0.1, 0.15) is 0 Å². The first kappa shape index (κ1) is 12.6. The minimum atomic E-state index is -1.04. The second kappa shape index (κ2) is 6.22. The fourth-order valence-corrected chi connectivity index (χ4v) is 1.50. The molecule has 0 bridgehead atoms. The molecule has 1 aromatic heterocycles. The van der Waals surface area contributed by atoms with Gasteiger partial charge in [0.05, 0.1) is 5.69 Å². The third kappa shape index (κ3) is 3.30. The number of carboxylic acid groups (broad SMARTS) is 1. The van der Waals surface area contributed by atoms with E-state index in [1.807, 2.05) is 0 Å². The molecule has 0 aliphatic carbocycles. The molecule has 0 aliphatic rings. The zero-order valence-electron chi connectivity index (χ0n) is 9.39. The smallest absolute Gasteiger partial charge is 0.358 e. The van der Waals surface area contributed by atoms with E-state index in [0.717, 1.165) is 25.7 Å². The number of carboxylic acids is 1. The lowest BCUT2D eigenvalue weighted by Gasteiger charge is -2.02. The summed E-state index contributed by atoms with van der Waals surface area (Å²) in [5, 5.41) is 24.8. The number of hydrogen-bond donors (Lipinski definition) is 2. The second-order valence-electron chi connectivity index (χ2n) is 3.69. The second-order valence-corrected chi connectivity index (χ2v) is 3.69. The quantitative estimate of drug-likeness (QED) is 0.674. The van der Waals surface area contributed by atoms with Crippen LogP contribution in [0.4, 0.5) is 0 Å². The molecule has 0 saturated carbocycles. The largest absolute Gasteiger partial charge is 0.476 e. The number of aromatic nitrogens is 3. The number of hydrogen-bond acceptors (Lipinski definition) is 4. The maximum Gasteiger partial charge on any atom is 0.358 e. The number of nitrogens with zero attached hydrogens (tertiary/aromatic N) is 3. The van der Waals surface area contributed by atoms with Crippen molar-refractivity contribution in [3.63, 3.8) is 0 Å². The van der Waals surface area contributed by atoms with Gasteiger partial charge < -0.3 is 10.2 Å². The zero-order chi connectivity index (χ0) is 12.0. The van der Waals surface area contributed by atoms with Crippen molar-refractivity contribution < 1.29 is 15.0 Å². The number of unbranched alkanes of at least 4 members (excludes halogenated alkanes) is 3. The lowest BCUT2D eigenvalue weighted by atomic mass is 10.2. The van der Waals surface area contributed by atoms with Crippen LogP contribution in [-0.2, 0) is 6.54 Å². The van der Waals surface area contributed by atoms with E-state index in [1.54, 1.807) is 11.6 Å². The summed E-state index contributed by atoms with van der Waals surface area (Å²) in [7, 11) is 0. The number of rotatable bonds is 7. The molecule has 90 valence electrons. The molecule has 0 radical (unpaired) electrons. The molecule has 0 atom stereocenters. The lowest BCUT2D eigenvalue weighted by molar-refractivity contribution is 0.0689. The monoisotopic (exact) mass is 227 g/mol. The molecule has 0 unspecified atom stereocenters. The van der Waals surface area contributed by atoms with Gasteiger partial charge in [-0.25, -0.2) is 9.48 Å². The third-order valence-electron chi connectivity index (χ3n) is 2.46. The first-order chi connectivity index (χ1) is 7.66. The summed E-state index contributed by atoms with van der Waals surface area (Å²) in [4.78, 5) is 10.7. The van der Waals surface area contributed by atoms with Crippen molar-refractivity contribution in [3.8, 4) is 0 Å². The molecule has 1 aromatic rings. The molecule has 0 saturated heterocycles. The highest BCUT2D eigenvalue weighted by atomic mass is 16.4. The summed E-state index contributed by atoms with van der Waals surface area (Å²) in [6.07, 6.45) is 3.72. The molecule has 0 amide bonds. The molecule has 0 aromatic carbocycles. The van der Waals surface area contributed by atoms with E-state index < -0.39 is 5.97 Å². The van der Waals surface area contributed by atoms with Crippen LogP contribution < -0.4 is 0 Å². The van der Waals surface area contributed by atoms with Crippen molar-refractivity contribution in [1.29, 1.82) is 0 Å². The van der Waals surface area contributed by atoms with Gasteiger partial charge in [0.15, 0.2) is 5.69 Å². The Morgan fingerprint density at radius 2 is 2.00 bits per heavy atom. The van der Waals surface area contributed by atoms with Crippen molar-refractivity contribution in [2.24, 2.45) is 0 Å². The van der Waals surface area contributed by atoms with Gasteiger partial charge in [-0.15, -0.1) is 5.10 Å². The predicted octanol–water partition coefficient (Wildman–Crippen LogP) is 0.837. The van der Waals surface area contributed by atoms with Crippen LogP contribution in [0, 0.1) is 6.92 Å². The Bertz CT molecular complexity index is 349. The van der Waals surface area contributed by atoms with Crippen molar-refractivity contribution in [2.45, 2.75) is 39.2 Å². The Balaban J connectivity index is 2.40. The van der Waals surface area contributed by atoms with E-state index >= 15 is 0 Å². The van der Waals surface area contributed by atoms with Gasteiger partial charge >= 0.3 is 5.97 Å². The van der Waals surface area contributed by atoms with Crippen LogP contribution in [0.1, 0.15) is 41.9 Å². The van der Waals surface area contributed by atoms with Crippen LogP contribution in [0.25, 0.3) is 0 Å². The van der Waals surface area contributed by atoms with E-state index in [9.17, 15) is 4.79 Å². The first-order valence-corrected chi connectivity index (χ1v) is 5.41. The van der Waals surface area contributed by atoms with E-state index in [-0.39, 0.29) is 12.3 Å². The van der Waals surface area contributed by atoms with Crippen LogP contribution in [0.15, 0.2) is 0 Å². The van der Waals surface area contributed by atoms with E-state index in [0.29, 0.717) is 12.2 Å². The molecule has 6 nitrogen and oxygen atoms in total. The summed E-state index contributed by atoms with van der Waals surface area (Å²) in [6.45, 7) is 2.61. The van der Waals surface area contributed by atoms with Crippen LogP contribution in [0.5, 0.6) is 0 Å². The molecule has 2 N–H and O–H groups in total. The topological polar surface area (TPSA) is 88.2 Å². The Hall–Kier alpha value is -1.43. The van der Waals surface area contributed by atoms with Crippen LogP contribution >= 0.6 is 0 Å². The standard InChI is InChI=1S/C10H17N3O3/c1-8-9(10(15)16)11-12-13(8)6-4-2-3-5-7-14/h14H,2-7H2,1H3,(H,15,16). The summed E-state index contributed by atoms with van der Waals surface area (Å²) < 4.78 is 1.61. The average molecular weight is 227 g/mol. The zero-order valence-corrected chi connectivity index (χ0v) is 9.39. The van der Waals surface area contributed by atoms with Gasteiger partial charge in [-0.05, 0) is 19.8 Å². The highest BCUT2D eigenvalue weighted by Gasteiger charge is 2.14. The summed E-state index contributed by atoms with van der Waals surface area (Å²) in [5.41, 5.74) is 0.616. The SMILES string of the molecule is Cc1c(C(=O)O)nnn1CCCCCCO. The fourth-order valence-electron chi connectivity index (χ4n) is 1.50. The minimum absolute atomic E-state index is 0.0235. The summed E-state index contributed by atoms with van der Waals surface area (Å²) in [5.74, 6) is -1.04. The van der Waals surface area contributed by atoms with Gasteiger partial charge in [-0.1, -0.05) is 18.1 Å². The normalized spacial score (nSPS) is 10.6.